The van der Waals surface area contributed by atoms with Crippen LogP contribution in [0.2, 0.25) is 5.02 Å². The molecule has 2 heterocycles. The van der Waals surface area contributed by atoms with E-state index in [0.29, 0.717) is 13.2 Å². The first-order valence-corrected chi connectivity index (χ1v) is 6.67. The third kappa shape index (κ3) is 2.95. The lowest BCUT2D eigenvalue weighted by Gasteiger charge is -2.09. The number of ether oxygens (including phenoxy) is 2. The van der Waals surface area contributed by atoms with Crippen molar-refractivity contribution in [3.8, 4) is 0 Å². The lowest BCUT2D eigenvalue weighted by atomic mass is 10.2. The van der Waals surface area contributed by atoms with Crippen molar-refractivity contribution < 1.29 is 14.0 Å². The van der Waals surface area contributed by atoms with E-state index in [1.807, 2.05) is 48.7 Å². The molecular formula is C15H15ClNO2+. The minimum absolute atomic E-state index is 0.256. The lowest BCUT2D eigenvalue weighted by Crippen LogP contribution is -2.39. The number of nitrogens with zero attached hydrogens (tertiary/aromatic N) is 1. The predicted octanol–water partition coefficient (Wildman–Crippen LogP) is 2.72. The minimum atomic E-state index is -0.256. The van der Waals surface area contributed by atoms with Crippen molar-refractivity contribution in [2.45, 2.75) is 12.8 Å². The summed E-state index contributed by atoms with van der Waals surface area (Å²) >= 11 is 5.90. The fourth-order valence-corrected chi connectivity index (χ4v) is 2.29. The van der Waals surface area contributed by atoms with Gasteiger partial charge in [0.15, 0.2) is 12.7 Å². The van der Waals surface area contributed by atoms with Gasteiger partial charge in [-0.25, -0.2) is 0 Å². The van der Waals surface area contributed by atoms with Crippen LogP contribution in [0.1, 0.15) is 17.5 Å². The van der Waals surface area contributed by atoms with Crippen molar-refractivity contribution in [2.24, 2.45) is 0 Å². The maximum absolute atomic E-state index is 5.90. The average Bonchev–Trinajstić information content (AvgIpc) is 2.96. The second-order valence-electron chi connectivity index (χ2n) is 4.45. The minimum Gasteiger partial charge on any atom is -0.341 e. The van der Waals surface area contributed by atoms with E-state index in [9.17, 15) is 0 Å². The molecule has 1 saturated heterocycles. The second kappa shape index (κ2) is 5.70. The van der Waals surface area contributed by atoms with Gasteiger partial charge in [0.2, 0.25) is 12.0 Å². The average molecular weight is 277 g/mol. The first kappa shape index (κ1) is 12.6. The summed E-state index contributed by atoms with van der Waals surface area (Å²) in [6, 6.07) is 13.9. The fourth-order valence-electron chi connectivity index (χ4n) is 2.16. The van der Waals surface area contributed by atoms with Gasteiger partial charge in [-0.2, -0.15) is 4.57 Å². The predicted molar refractivity (Wildman–Crippen MR) is 71.8 cm³/mol. The monoisotopic (exact) mass is 276 g/mol. The third-order valence-corrected chi connectivity index (χ3v) is 3.36. The van der Waals surface area contributed by atoms with Gasteiger partial charge in [0, 0.05) is 22.7 Å². The SMILES string of the molecule is Clc1ccc(C[n+]2ccccc2C2OCCO2)cc1. The molecule has 0 saturated carbocycles. The summed E-state index contributed by atoms with van der Waals surface area (Å²) in [4.78, 5) is 0. The van der Waals surface area contributed by atoms with Gasteiger partial charge in [-0.05, 0) is 18.2 Å². The Morgan fingerprint density at radius 3 is 2.53 bits per heavy atom. The number of pyridine rings is 1. The van der Waals surface area contributed by atoms with Crippen LogP contribution in [0.25, 0.3) is 0 Å². The largest absolute Gasteiger partial charge is 0.341 e. The number of hydrogen-bond donors (Lipinski definition) is 0. The van der Waals surface area contributed by atoms with Gasteiger partial charge in [0.25, 0.3) is 0 Å². The van der Waals surface area contributed by atoms with Crippen molar-refractivity contribution in [2.75, 3.05) is 13.2 Å². The van der Waals surface area contributed by atoms with Gasteiger partial charge >= 0.3 is 0 Å². The summed E-state index contributed by atoms with van der Waals surface area (Å²) in [6.07, 6.45) is 1.78. The van der Waals surface area contributed by atoms with Gasteiger partial charge < -0.3 is 9.47 Å². The number of aromatic nitrogens is 1. The van der Waals surface area contributed by atoms with Crippen molar-refractivity contribution in [3.63, 3.8) is 0 Å². The molecule has 3 nitrogen and oxygen atoms in total. The van der Waals surface area contributed by atoms with Gasteiger partial charge in [0.1, 0.15) is 0 Å². The highest BCUT2D eigenvalue weighted by Crippen LogP contribution is 2.20. The van der Waals surface area contributed by atoms with E-state index in [2.05, 4.69) is 4.57 Å². The highest BCUT2D eigenvalue weighted by molar-refractivity contribution is 6.30. The molecule has 0 amide bonds. The van der Waals surface area contributed by atoms with E-state index in [1.165, 1.54) is 5.56 Å². The lowest BCUT2D eigenvalue weighted by molar-refractivity contribution is -0.701. The van der Waals surface area contributed by atoms with Crippen LogP contribution in [0.5, 0.6) is 0 Å². The highest BCUT2D eigenvalue weighted by Gasteiger charge is 2.26. The van der Waals surface area contributed by atoms with Crippen LogP contribution in [-0.4, -0.2) is 13.2 Å². The molecule has 1 aliphatic rings. The highest BCUT2D eigenvalue weighted by atomic mass is 35.5. The summed E-state index contributed by atoms with van der Waals surface area (Å²) in [5.41, 5.74) is 2.23. The molecule has 0 atom stereocenters. The molecule has 1 aromatic carbocycles. The summed E-state index contributed by atoms with van der Waals surface area (Å²) in [6.45, 7) is 2.08. The van der Waals surface area contributed by atoms with Crippen LogP contribution >= 0.6 is 11.6 Å². The van der Waals surface area contributed by atoms with E-state index in [1.54, 1.807) is 0 Å². The van der Waals surface area contributed by atoms with Crippen molar-refractivity contribution in [3.05, 3.63) is 64.9 Å². The normalized spacial score (nSPS) is 15.8. The van der Waals surface area contributed by atoms with Gasteiger partial charge in [-0.1, -0.05) is 23.7 Å². The first-order valence-electron chi connectivity index (χ1n) is 6.29. The summed E-state index contributed by atoms with van der Waals surface area (Å²) in [5, 5.41) is 0.754. The Hall–Kier alpha value is -1.42. The Labute approximate surface area is 117 Å². The third-order valence-electron chi connectivity index (χ3n) is 3.11. The zero-order chi connectivity index (χ0) is 13.1. The molecule has 19 heavy (non-hydrogen) atoms. The number of hydrogen-bond acceptors (Lipinski definition) is 2. The second-order valence-corrected chi connectivity index (χ2v) is 4.89. The number of benzene rings is 1. The molecule has 1 aromatic heterocycles. The fraction of sp³-hybridized carbons (Fsp3) is 0.267. The van der Waals surface area contributed by atoms with Crippen LogP contribution in [-0.2, 0) is 16.0 Å². The Kier molecular flexibility index (Phi) is 3.78. The summed E-state index contributed by atoms with van der Waals surface area (Å²) in [7, 11) is 0. The number of rotatable bonds is 3. The van der Waals surface area contributed by atoms with Crippen molar-refractivity contribution in [1.82, 2.24) is 0 Å². The molecule has 3 rings (SSSR count). The smallest absolute Gasteiger partial charge is 0.245 e. The quantitative estimate of drug-likeness (QED) is 0.805. The molecule has 0 spiro atoms. The molecule has 0 unspecified atom stereocenters. The molecule has 0 aliphatic carbocycles. The maximum Gasteiger partial charge on any atom is 0.245 e. The van der Waals surface area contributed by atoms with Crippen LogP contribution < -0.4 is 4.57 Å². The topological polar surface area (TPSA) is 22.3 Å². The zero-order valence-corrected chi connectivity index (χ0v) is 11.2. The molecule has 2 aromatic rings. The van der Waals surface area contributed by atoms with Crippen molar-refractivity contribution >= 4 is 11.6 Å². The van der Waals surface area contributed by atoms with Crippen LogP contribution in [0.4, 0.5) is 0 Å². The standard InChI is InChI=1S/C15H15ClNO2/c16-13-6-4-12(5-7-13)11-17-8-2-1-3-14(17)15-18-9-10-19-15/h1-8,15H,9-11H2/q+1. The molecule has 0 bridgehead atoms. The molecule has 1 aliphatic heterocycles. The van der Waals surface area contributed by atoms with Crippen LogP contribution in [0.3, 0.4) is 0 Å². The van der Waals surface area contributed by atoms with E-state index >= 15 is 0 Å². The molecule has 4 heteroatoms. The van der Waals surface area contributed by atoms with Gasteiger partial charge in [-0.3, -0.25) is 0 Å². The van der Waals surface area contributed by atoms with Crippen LogP contribution in [0, 0.1) is 0 Å². The first-order chi connectivity index (χ1) is 9.33. The summed E-state index contributed by atoms with van der Waals surface area (Å²) < 4.78 is 13.3. The van der Waals surface area contributed by atoms with E-state index in [0.717, 1.165) is 17.3 Å². The zero-order valence-electron chi connectivity index (χ0n) is 10.5. The molecule has 1 fully saturated rings. The van der Waals surface area contributed by atoms with Crippen molar-refractivity contribution in [1.29, 1.82) is 0 Å². The Bertz CT molecular complexity index is 550. The molecule has 0 N–H and O–H groups in total. The number of halogens is 1. The Balaban J connectivity index is 1.85. The molecular weight excluding hydrogens is 262 g/mol. The van der Waals surface area contributed by atoms with Gasteiger partial charge in [-0.15, -0.1) is 0 Å². The summed E-state index contributed by atoms with van der Waals surface area (Å²) in [5.74, 6) is 0. The molecule has 0 radical (unpaired) electrons. The van der Waals surface area contributed by atoms with E-state index < -0.39 is 0 Å². The molecule has 98 valence electrons. The van der Waals surface area contributed by atoms with E-state index in [-0.39, 0.29) is 6.29 Å². The Morgan fingerprint density at radius 1 is 1.05 bits per heavy atom. The van der Waals surface area contributed by atoms with Crippen LogP contribution in [0.15, 0.2) is 48.7 Å². The Morgan fingerprint density at radius 2 is 1.79 bits per heavy atom. The van der Waals surface area contributed by atoms with Gasteiger partial charge in [0.05, 0.1) is 13.2 Å². The maximum atomic E-state index is 5.90. The van der Waals surface area contributed by atoms with E-state index in [4.69, 9.17) is 21.1 Å².